The monoisotopic (exact) mass is 317 g/mol. The van der Waals surface area contributed by atoms with E-state index < -0.39 is 9.84 Å². The van der Waals surface area contributed by atoms with Crippen molar-refractivity contribution in [1.82, 2.24) is 9.88 Å². The van der Waals surface area contributed by atoms with Gasteiger partial charge in [-0.3, -0.25) is 5.32 Å². The van der Waals surface area contributed by atoms with Crippen molar-refractivity contribution in [3.8, 4) is 5.06 Å². The fourth-order valence-electron chi connectivity index (χ4n) is 2.78. The lowest BCUT2D eigenvalue weighted by Gasteiger charge is -2.16. The molecule has 2 aliphatic rings. The van der Waals surface area contributed by atoms with Crippen LogP contribution in [0.4, 0.5) is 9.93 Å². The zero-order valence-electron chi connectivity index (χ0n) is 10.9. The van der Waals surface area contributed by atoms with E-state index in [9.17, 15) is 13.2 Å². The van der Waals surface area contributed by atoms with Gasteiger partial charge < -0.3 is 9.64 Å². The van der Waals surface area contributed by atoms with Crippen LogP contribution in [0.3, 0.4) is 0 Å². The summed E-state index contributed by atoms with van der Waals surface area (Å²) in [7, 11) is -1.36. The molecule has 0 aliphatic carbocycles. The van der Waals surface area contributed by atoms with Gasteiger partial charge in [-0.25, -0.2) is 18.2 Å². The zero-order chi connectivity index (χ0) is 14.3. The smallest absolute Gasteiger partial charge is 0.323 e. The minimum Gasteiger partial charge on any atom is -0.486 e. The Morgan fingerprint density at radius 1 is 1.45 bits per heavy atom. The van der Waals surface area contributed by atoms with Crippen molar-refractivity contribution in [2.75, 3.05) is 37.0 Å². The number of sulfone groups is 1. The Hall–Kier alpha value is -1.35. The molecule has 2 aliphatic heterocycles. The predicted octanol–water partition coefficient (Wildman–Crippen LogP) is 0.660. The highest BCUT2D eigenvalue weighted by Gasteiger charge is 2.44. The van der Waals surface area contributed by atoms with Crippen molar-refractivity contribution in [2.24, 2.45) is 11.8 Å². The SMILES string of the molecule is COc1cnc(NC(=O)N2C[C@@H]3CS(=O)(=O)C[C@@H]3C2)s1. The summed E-state index contributed by atoms with van der Waals surface area (Å²) in [5.74, 6) is 0.562. The molecule has 110 valence electrons. The lowest BCUT2D eigenvalue weighted by Crippen LogP contribution is -2.34. The first-order chi connectivity index (χ1) is 9.47. The van der Waals surface area contributed by atoms with Gasteiger partial charge in [0.05, 0.1) is 24.8 Å². The van der Waals surface area contributed by atoms with E-state index in [0.717, 1.165) is 0 Å². The van der Waals surface area contributed by atoms with Crippen LogP contribution in [0, 0.1) is 11.8 Å². The number of thiazole rings is 1. The van der Waals surface area contributed by atoms with Crippen molar-refractivity contribution in [3.05, 3.63) is 6.20 Å². The second kappa shape index (κ2) is 4.88. The van der Waals surface area contributed by atoms with E-state index in [2.05, 4.69) is 10.3 Å². The number of amides is 2. The minimum absolute atomic E-state index is 0.0802. The van der Waals surface area contributed by atoms with Gasteiger partial charge in [-0.2, -0.15) is 0 Å². The summed E-state index contributed by atoms with van der Waals surface area (Å²) in [5.41, 5.74) is 0. The number of anilines is 1. The molecule has 7 nitrogen and oxygen atoms in total. The highest BCUT2D eigenvalue weighted by Crippen LogP contribution is 2.33. The Labute approximate surface area is 120 Å². The number of ether oxygens (including phenoxy) is 1. The molecule has 0 saturated carbocycles. The summed E-state index contributed by atoms with van der Waals surface area (Å²) in [6.45, 7) is 0.997. The van der Waals surface area contributed by atoms with Crippen molar-refractivity contribution in [3.63, 3.8) is 0 Å². The molecule has 0 aromatic carbocycles. The van der Waals surface area contributed by atoms with Gasteiger partial charge in [0.25, 0.3) is 0 Å². The van der Waals surface area contributed by atoms with Gasteiger partial charge in [0.2, 0.25) is 0 Å². The molecular weight excluding hydrogens is 302 g/mol. The summed E-state index contributed by atoms with van der Waals surface area (Å²) >= 11 is 1.25. The molecule has 1 aromatic rings. The van der Waals surface area contributed by atoms with Gasteiger partial charge in [0.1, 0.15) is 0 Å². The standard InChI is InChI=1S/C11H15N3O4S2/c1-18-9-2-12-10(19-9)13-11(15)14-3-7-5-20(16,17)6-8(7)4-14/h2,7-8H,3-6H2,1H3,(H,12,13,15)/t7-,8+. The highest BCUT2D eigenvalue weighted by atomic mass is 32.2. The van der Waals surface area contributed by atoms with Crippen LogP contribution in [-0.4, -0.2) is 56.0 Å². The van der Waals surface area contributed by atoms with Gasteiger partial charge in [-0.1, -0.05) is 11.3 Å². The molecule has 3 heterocycles. The van der Waals surface area contributed by atoms with Gasteiger partial charge in [-0.05, 0) is 11.8 Å². The van der Waals surface area contributed by atoms with E-state index in [1.165, 1.54) is 11.3 Å². The Balaban J connectivity index is 1.60. The molecular formula is C11H15N3O4S2. The minimum atomic E-state index is -2.90. The molecule has 1 aromatic heterocycles. The Morgan fingerprint density at radius 3 is 2.65 bits per heavy atom. The number of likely N-dealkylation sites (tertiary alicyclic amines) is 1. The molecule has 3 rings (SSSR count). The Morgan fingerprint density at radius 2 is 2.10 bits per heavy atom. The molecule has 2 amide bonds. The molecule has 0 unspecified atom stereocenters. The van der Waals surface area contributed by atoms with E-state index in [1.807, 2.05) is 0 Å². The maximum atomic E-state index is 12.1. The summed E-state index contributed by atoms with van der Waals surface area (Å²) in [4.78, 5) is 17.8. The summed E-state index contributed by atoms with van der Waals surface area (Å²) < 4.78 is 28.0. The van der Waals surface area contributed by atoms with Crippen LogP contribution < -0.4 is 10.1 Å². The van der Waals surface area contributed by atoms with Crippen LogP contribution >= 0.6 is 11.3 Å². The highest BCUT2D eigenvalue weighted by molar-refractivity contribution is 7.91. The largest absolute Gasteiger partial charge is 0.486 e. The Kier molecular flexibility index (Phi) is 3.33. The van der Waals surface area contributed by atoms with Crippen LogP contribution in [0.1, 0.15) is 0 Å². The average molecular weight is 317 g/mol. The Bertz CT molecular complexity index is 607. The van der Waals surface area contributed by atoms with Crippen LogP contribution in [0.15, 0.2) is 6.20 Å². The van der Waals surface area contributed by atoms with Crippen LogP contribution in [0.5, 0.6) is 5.06 Å². The van der Waals surface area contributed by atoms with Crippen LogP contribution in [0.25, 0.3) is 0 Å². The van der Waals surface area contributed by atoms with Crippen molar-refractivity contribution < 1.29 is 17.9 Å². The molecule has 2 atom stereocenters. The van der Waals surface area contributed by atoms with Gasteiger partial charge in [0, 0.05) is 13.1 Å². The maximum absolute atomic E-state index is 12.1. The van der Waals surface area contributed by atoms with Gasteiger partial charge in [-0.15, -0.1) is 0 Å². The van der Waals surface area contributed by atoms with Gasteiger partial charge >= 0.3 is 6.03 Å². The van der Waals surface area contributed by atoms with E-state index in [-0.39, 0.29) is 29.4 Å². The number of fused-ring (bicyclic) bond motifs is 1. The van der Waals surface area contributed by atoms with E-state index in [0.29, 0.717) is 23.3 Å². The number of carbonyl (C=O) groups excluding carboxylic acids is 1. The van der Waals surface area contributed by atoms with E-state index >= 15 is 0 Å². The van der Waals surface area contributed by atoms with Crippen molar-refractivity contribution in [1.29, 1.82) is 0 Å². The molecule has 0 spiro atoms. The van der Waals surface area contributed by atoms with Crippen molar-refractivity contribution in [2.45, 2.75) is 0 Å². The van der Waals surface area contributed by atoms with E-state index in [1.54, 1.807) is 18.2 Å². The first kappa shape index (κ1) is 13.6. The molecule has 0 bridgehead atoms. The number of hydrogen-bond acceptors (Lipinski definition) is 6. The van der Waals surface area contributed by atoms with E-state index in [4.69, 9.17) is 4.74 Å². The number of nitrogens with zero attached hydrogens (tertiary/aromatic N) is 2. The second-order valence-corrected chi connectivity index (χ2v) is 8.27. The summed E-state index contributed by atoms with van der Waals surface area (Å²) in [6.07, 6.45) is 1.55. The fraction of sp³-hybridized carbons (Fsp3) is 0.636. The zero-order valence-corrected chi connectivity index (χ0v) is 12.5. The first-order valence-electron chi connectivity index (χ1n) is 6.23. The fourth-order valence-corrected chi connectivity index (χ4v) is 5.60. The lowest BCUT2D eigenvalue weighted by atomic mass is 10.0. The molecule has 20 heavy (non-hydrogen) atoms. The number of carbonyl (C=O) groups is 1. The normalized spacial score (nSPS) is 27.4. The third kappa shape index (κ3) is 2.59. The van der Waals surface area contributed by atoms with Crippen molar-refractivity contribution >= 4 is 32.3 Å². The number of urea groups is 1. The molecule has 0 radical (unpaired) electrons. The number of nitrogens with one attached hydrogen (secondary N) is 1. The van der Waals surface area contributed by atoms with Gasteiger partial charge in [0.15, 0.2) is 20.0 Å². The average Bonchev–Trinajstić information content (AvgIpc) is 3.01. The molecule has 2 saturated heterocycles. The second-order valence-electron chi connectivity index (χ2n) is 5.12. The topological polar surface area (TPSA) is 88.6 Å². The number of methoxy groups -OCH3 is 1. The van der Waals surface area contributed by atoms with Crippen LogP contribution in [-0.2, 0) is 9.84 Å². The maximum Gasteiger partial charge on any atom is 0.323 e. The summed E-state index contributed by atoms with van der Waals surface area (Å²) in [6, 6.07) is -0.228. The molecule has 9 heteroatoms. The molecule has 2 fully saturated rings. The number of hydrogen-bond donors (Lipinski definition) is 1. The predicted molar refractivity (Wildman–Crippen MR) is 74.9 cm³/mol. The number of rotatable bonds is 2. The molecule has 1 N–H and O–H groups in total. The lowest BCUT2D eigenvalue weighted by molar-refractivity contribution is 0.220. The number of aromatic nitrogens is 1. The quantitative estimate of drug-likeness (QED) is 0.865. The first-order valence-corrected chi connectivity index (χ1v) is 8.87. The third-order valence-corrected chi connectivity index (χ3v) is 6.45. The summed E-state index contributed by atoms with van der Waals surface area (Å²) in [5, 5.41) is 3.83. The third-order valence-electron chi connectivity index (χ3n) is 3.70. The van der Waals surface area contributed by atoms with Crippen LogP contribution in [0.2, 0.25) is 0 Å².